The first-order valence-corrected chi connectivity index (χ1v) is 6.29. The maximum absolute atomic E-state index is 9.65. The van der Waals surface area contributed by atoms with Crippen LogP contribution in [0.5, 0.6) is 5.75 Å². The van der Waals surface area contributed by atoms with Gasteiger partial charge in [0.1, 0.15) is 5.75 Å². The number of phenolic OH excluding ortho intramolecular Hbond substituents is 1. The summed E-state index contributed by atoms with van der Waals surface area (Å²) in [4.78, 5) is 0. The van der Waals surface area contributed by atoms with Crippen LogP contribution in [0.1, 0.15) is 24.6 Å². The number of benzene rings is 1. The molecule has 0 amide bonds. The average Bonchev–Trinajstić information content (AvgIpc) is 2.80. The molecule has 18 heavy (non-hydrogen) atoms. The quantitative estimate of drug-likeness (QED) is 0.821. The van der Waals surface area contributed by atoms with Crippen LogP contribution in [0.15, 0.2) is 36.5 Å². The molecule has 0 saturated carbocycles. The van der Waals surface area contributed by atoms with Crippen molar-refractivity contribution in [3.8, 4) is 5.75 Å². The molecular weight excluding hydrogens is 226 g/mol. The number of rotatable bonds is 6. The van der Waals surface area contributed by atoms with Crippen LogP contribution in [-0.2, 0) is 19.6 Å². The second-order valence-electron chi connectivity index (χ2n) is 4.28. The minimum Gasteiger partial charge on any atom is -0.508 e. The van der Waals surface area contributed by atoms with E-state index in [0.717, 1.165) is 25.1 Å². The molecule has 0 saturated heterocycles. The fraction of sp³-hybridized carbons (Fsp3) is 0.357. The Balaban J connectivity index is 1.88. The molecule has 0 aliphatic heterocycles. The third kappa shape index (κ3) is 3.11. The normalized spacial score (nSPS) is 10.7. The summed E-state index contributed by atoms with van der Waals surface area (Å²) in [5, 5.41) is 17.2. The predicted molar refractivity (Wildman–Crippen MR) is 71.2 cm³/mol. The van der Waals surface area contributed by atoms with Crippen molar-refractivity contribution in [3.63, 3.8) is 0 Å². The molecule has 0 radical (unpaired) electrons. The van der Waals surface area contributed by atoms with Crippen molar-refractivity contribution in [1.29, 1.82) is 0 Å². The third-order valence-electron chi connectivity index (χ3n) is 2.85. The Morgan fingerprint density at radius 3 is 2.83 bits per heavy atom. The highest BCUT2D eigenvalue weighted by molar-refractivity contribution is 5.31. The fourth-order valence-corrected chi connectivity index (χ4v) is 1.91. The largest absolute Gasteiger partial charge is 0.508 e. The number of nitrogens with zero attached hydrogens (tertiary/aromatic N) is 2. The highest BCUT2D eigenvalue weighted by Crippen LogP contribution is 2.15. The minimum absolute atomic E-state index is 0.340. The van der Waals surface area contributed by atoms with Gasteiger partial charge in [-0.05, 0) is 18.6 Å². The molecule has 0 aliphatic carbocycles. The van der Waals surface area contributed by atoms with E-state index in [4.69, 9.17) is 0 Å². The molecule has 1 heterocycles. The summed E-state index contributed by atoms with van der Waals surface area (Å²) in [5.74, 6) is 0.340. The first-order chi connectivity index (χ1) is 8.81. The molecular formula is C14H19N3O. The lowest BCUT2D eigenvalue weighted by Gasteiger charge is -2.08. The van der Waals surface area contributed by atoms with Crippen molar-refractivity contribution < 1.29 is 5.11 Å². The molecule has 2 rings (SSSR count). The molecule has 2 aromatic rings. The number of hydrogen-bond acceptors (Lipinski definition) is 3. The zero-order valence-electron chi connectivity index (χ0n) is 10.6. The van der Waals surface area contributed by atoms with E-state index in [-0.39, 0.29) is 0 Å². The third-order valence-corrected chi connectivity index (χ3v) is 2.85. The highest BCUT2D eigenvalue weighted by atomic mass is 16.3. The lowest BCUT2D eigenvalue weighted by atomic mass is 10.2. The standard InChI is InChI=1S/C14H19N3O/c1-2-9-17-13(7-8-16-17)11-15-10-12-5-3-4-6-14(12)18/h3-8,15,18H,2,9-11H2,1H3. The van der Waals surface area contributed by atoms with Gasteiger partial charge in [0.25, 0.3) is 0 Å². The van der Waals surface area contributed by atoms with Crippen LogP contribution in [0.4, 0.5) is 0 Å². The van der Waals surface area contributed by atoms with Crippen molar-refractivity contribution in [2.75, 3.05) is 0 Å². The van der Waals surface area contributed by atoms with Crippen LogP contribution in [0.3, 0.4) is 0 Å². The summed E-state index contributed by atoms with van der Waals surface area (Å²) in [6, 6.07) is 9.41. The molecule has 0 fully saturated rings. The Labute approximate surface area is 107 Å². The molecule has 0 unspecified atom stereocenters. The Kier molecular flexibility index (Phi) is 4.36. The second-order valence-corrected chi connectivity index (χ2v) is 4.28. The monoisotopic (exact) mass is 245 g/mol. The smallest absolute Gasteiger partial charge is 0.120 e. The summed E-state index contributed by atoms with van der Waals surface area (Å²) in [6.07, 6.45) is 2.90. The topological polar surface area (TPSA) is 50.1 Å². The van der Waals surface area contributed by atoms with Crippen molar-refractivity contribution in [2.24, 2.45) is 0 Å². The molecule has 0 bridgehead atoms. The lowest BCUT2D eigenvalue weighted by molar-refractivity contribution is 0.463. The SMILES string of the molecule is CCCn1nccc1CNCc1ccccc1O. The molecule has 0 atom stereocenters. The van der Waals surface area contributed by atoms with Crippen LogP contribution in [-0.4, -0.2) is 14.9 Å². The molecule has 0 aliphatic rings. The van der Waals surface area contributed by atoms with Crippen molar-refractivity contribution >= 4 is 0 Å². The number of hydrogen-bond donors (Lipinski definition) is 2. The summed E-state index contributed by atoms with van der Waals surface area (Å²) in [5.41, 5.74) is 2.09. The molecule has 0 spiro atoms. The van der Waals surface area contributed by atoms with Gasteiger partial charge in [-0.3, -0.25) is 4.68 Å². The van der Waals surface area contributed by atoms with Gasteiger partial charge in [0.2, 0.25) is 0 Å². The van der Waals surface area contributed by atoms with Gasteiger partial charge in [0.15, 0.2) is 0 Å². The highest BCUT2D eigenvalue weighted by Gasteiger charge is 2.02. The Hall–Kier alpha value is -1.81. The molecule has 1 aromatic heterocycles. The van der Waals surface area contributed by atoms with Gasteiger partial charge in [0.05, 0.1) is 5.69 Å². The molecule has 4 heteroatoms. The number of aryl methyl sites for hydroxylation is 1. The minimum atomic E-state index is 0.340. The van der Waals surface area contributed by atoms with E-state index in [2.05, 4.69) is 17.3 Å². The average molecular weight is 245 g/mol. The van der Waals surface area contributed by atoms with Crippen LogP contribution in [0.2, 0.25) is 0 Å². The Morgan fingerprint density at radius 2 is 2.06 bits per heavy atom. The van der Waals surface area contributed by atoms with Crippen LogP contribution >= 0.6 is 0 Å². The van der Waals surface area contributed by atoms with Gasteiger partial charge < -0.3 is 10.4 Å². The summed E-state index contributed by atoms with van der Waals surface area (Å²) in [6.45, 7) is 4.50. The molecule has 96 valence electrons. The van der Waals surface area contributed by atoms with Gasteiger partial charge in [-0.1, -0.05) is 25.1 Å². The molecule has 1 aromatic carbocycles. The molecule has 2 N–H and O–H groups in total. The first-order valence-electron chi connectivity index (χ1n) is 6.29. The van der Waals surface area contributed by atoms with Crippen LogP contribution in [0.25, 0.3) is 0 Å². The number of aromatic hydroxyl groups is 1. The Morgan fingerprint density at radius 1 is 1.22 bits per heavy atom. The maximum Gasteiger partial charge on any atom is 0.120 e. The van der Waals surface area contributed by atoms with E-state index < -0.39 is 0 Å². The number of phenols is 1. The van der Waals surface area contributed by atoms with Crippen molar-refractivity contribution in [1.82, 2.24) is 15.1 Å². The summed E-state index contributed by atoms with van der Waals surface area (Å²) in [7, 11) is 0. The van der Waals surface area contributed by atoms with Gasteiger partial charge in [-0.2, -0.15) is 5.10 Å². The first kappa shape index (κ1) is 12.6. The van der Waals surface area contributed by atoms with Crippen molar-refractivity contribution in [2.45, 2.75) is 33.0 Å². The van der Waals surface area contributed by atoms with Crippen LogP contribution in [0, 0.1) is 0 Å². The van der Waals surface area contributed by atoms with Crippen molar-refractivity contribution in [3.05, 3.63) is 47.8 Å². The van der Waals surface area contributed by atoms with E-state index in [1.165, 1.54) is 5.69 Å². The molecule has 4 nitrogen and oxygen atoms in total. The van der Waals surface area contributed by atoms with E-state index in [9.17, 15) is 5.11 Å². The number of nitrogens with one attached hydrogen (secondary N) is 1. The van der Waals surface area contributed by atoms with Gasteiger partial charge in [0, 0.05) is 31.4 Å². The fourth-order valence-electron chi connectivity index (χ4n) is 1.91. The van der Waals surface area contributed by atoms with Gasteiger partial charge >= 0.3 is 0 Å². The van der Waals surface area contributed by atoms with Gasteiger partial charge in [-0.15, -0.1) is 0 Å². The van der Waals surface area contributed by atoms with E-state index in [0.29, 0.717) is 12.3 Å². The zero-order valence-corrected chi connectivity index (χ0v) is 10.6. The zero-order chi connectivity index (χ0) is 12.8. The summed E-state index contributed by atoms with van der Waals surface area (Å²) < 4.78 is 2.01. The number of para-hydroxylation sites is 1. The van der Waals surface area contributed by atoms with Crippen LogP contribution < -0.4 is 5.32 Å². The van der Waals surface area contributed by atoms with E-state index in [1.807, 2.05) is 35.1 Å². The summed E-state index contributed by atoms with van der Waals surface area (Å²) >= 11 is 0. The Bertz CT molecular complexity index is 493. The maximum atomic E-state index is 9.65. The lowest BCUT2D eigenvalue weighted by Crippen LogP contribution is -2.16. The second kappa shape index (κ2) is 6.21. The number of aromatic nitrogens is 2. The van der Waals surface area contributed by atoms with Gasteiger partial charge in [-0.25, -0.2) is 0 Å². The van der Waals surface area contributed by atoms with E-state index in [1.54, 1.807) is 6.07 Å². The predicted octanol–water partition coefficient (Wildman–Crippen LogP) is 2.29. The van der Waals surface area contributed by atoms with E-state index >= 15 is 0 Å².